The van der Waals surface area contributed by atoms with Gasteiger partial charge in [-0.15, -0.1) is 0 Å². The lowest BCUT2D eigenvalue weighted by atomic mass is 10.0. The van der Waals surface area contributed by atoms with Gasteiger partial charge in [0.1, 0.15) is 17.5 Å². The highest BCUT2D eigenvalue weighted by molar-refractivity contribution is 7.97. The molecule has 1 amide bonds. The van der Waals surface area contributed by atoms with Crippen LogP contribution >= 0.6 is 23.5 Å². The number of hydrogen-bond acceptors (Lipinski definition) is 6. The number of carbonyl (C=O) groups is 2. The third-order valence-corrected chi connectivity index (χ3v) is 5.81. The first-order valence-corrected chi connectivity index (χ1v) is 9.58. The van der Waals surface area contributed by atoms with Gasteiger partial charge in [-0.25, -0.2) is 4.31 Å². The van der Waals surface area contributed by atoms with Gasteiger partial charge >= 0.3 is 0 Å². The number of ketones is 1. The van der Waals surface area contributed by atoms with E-state index in [1.807, 2.05) is 12.1 Å². The second kappa shape index (κ2) is 7.09. The number of rotatable bonds is 2. The molecule has 1 aromatic heterocycles. The molecule has 1 atom stereocenters. The molecule has 2 aromatic carbocycles. The Balaban J connectivity index is 1.68. The van der Waals surface area contributed by atoms with E-state index in [-0.39, 0.29) is 16.9 Å². The predicted molar refractivity (Wildman–Crippen MR) is 109 cm³/mol. The summed E-state index contributed by atoms with van der Waals surface area (Å²) in [4.78, 5) is 39.2. The van der Waals surface area contributed by atoms with Crippen LogP contribution in [0.4, 0.5) is 5.69 Å². The number of nitrogens with zero attached hydrogens (tertiary/aromatic N) is 1. The summed E-state index contributed by atoms with van der Waals surface area (Å²) in [6.07, 6.45) is 1.19. The fourth-order valence-corrected chi connectivity index (χ4v) is 4.50. The van der Waals surface area contributed by atoms with E-state index in [2.05, 4.69) is 5.32 Å². The van der Waals surface area contributed by atoms with Crippen LogP contribution in [0.15, 0.2) is 56.8 Å². The van der Waals surface area contributed by atoms with E-state index in [0.717, 1.165) is 4.90 Å². The van der Waals surface area contributed by atoms with Gasteiger partial charge in [0.2, 0.25) is 5.43 Å². The van der Waals surface area contributed by atoms with Crippen LogP contribution in [0.25, 0.3) is 11.0 Å². The average molecular weight is 415 g/mol. The Morgan fingerprint density at radius 3 is 2.79 bits per heavy atom. The van der Waals surface area contributed by atoms with Crippen molar-refractivity contribution in [1.29, 1.82) is 0 Å². The highest BCUT2D eigenvalue weighted by Gasteiger charge is 2.37. The molecule has 0 saturated carbocycles. The number of nitrogens with one attached hydrogen (secondary N) is 1. The third kappa shape index (κ3) is 3.11. The number of likely N-dealkylation sites (N-methyl/N-ethyl adjacent to an activating group) is 1. The Morgan fingerprint density at radius 1 is 1.25 bits per heavy atom. The molecule has 28 heavy (non-hydrogen) atoms. The summed E-state index contributed by atoms with van der Waals surface area (Å²) >= 11 is 7.35. The standard InChI is InChI=1S/C20H15ClN2O4S/c1-10-7-11(21)8-13-17(24)14(9-27-19(10)13)22-20(26)16-18(25)12-5-3-4-6-15(12)28-23(16)2/h3-9,16H,1-2H3,(H,22,26). The number of amides is 1. The highest BCUT2D eigenvalue weighted by Crippen LogP contribution is 2.34. The highest BCUT2D eigenvalue weighted by atomic mass is 35.5. The van der Waals surface area contributed by atoms with Crippen LogP contribution in [0, 0.1) is 6.92 Å². The fourth-order valence-electron chi connectivity index (χ4n) is 3.21. The minimum atomic E-state index is -1.06. The molecule has 1 aliphatic rings. The first-order valence-electron chi connectivity index (χ1n) is 8.43. The molecule has 0 spiro atoms. The lowest BCUT2D eigenvalue weighted by Crippen LogP contribution is -2.47. The third-order valence-electron chi connectivity index (χ3n) is 4.54. The number of halogens is 1. The smallest absolute Gasteiger partial charge is 0.250 e. The number of carbonyl (C=O) groups excluding carboxylic acids is 2. The number of benzene rings is 2. The molecular weight excluding hydrogens is 400 g/mol. The minimum absolute atomic E-state index is 0.0378. The van der Waals surface area contributed by atoms with E-state index < -0.39 is 17.4 Å². The molecule has 1 aliphatic heterocycles. The van der Waals surface area contributed by atoms with Gasteiger partial charge in [0, 0.05) is 15.5 Å². The molecule has 4 rings (SSSR count). The van der Waals surface area contributed by atoms with Gasteiger partial charge < -0.3 is 9.73 Å². The molecule has 1 unspecified atom stereocenters. The Hall–Kier alpha value is -2.61. The predicted octanol–water partition coefficient (Wildman–Crippen LogP) is 3.90. The minimum Gasteiger partial charge on any atom is -0.462 e. The van der Waals surface area contributed by atoms with Crippen molar-refractivity contribution in [3.05, 3.63) is 69.0 Å². The second-order valence-corrected chi connectivity index (χ2v) is 8.10. The van der Waals surface area contributed by atoms with Crippen molar-refractivity contribution in [1.82, 2.24) is 4.31 Å². The molecule has 8 heteroatoms. The first-order chi connectivity index (χ1) is 13.4. The van der Waals surface area contributed by atoms with E-state index in [1.165, 1.54) is 24.3 Å². The zero-order valence-electron chi connectivity index (χ0n) is 15.0. The molecule has 6 nitrogen and oxygen atoms in total. The van der Waals surface area contributed by atoms with Crippen molar-refractivity contribution in [2.24, 2.45) is 0 Å². The summed E-state index contributed by atoms with van der Waals surface area (Å²) in [6.45, 7) is 1.78. The maximum Gasteiger partial charge on any atom is 0.250 e. The van der Waals surface area contributed by atoms with Gasteiger partial charge in [0.25, 0.3) is 5.91 Å². The molecular formula is C20H15ClN2O4S. The molecule has 0 bridgehead atoms. The molecule has 0 aliphatic carbocycles. The van der Waals surface area contributed by atoms with Crippen LogP contribution in [-0.2, 0) is 4.79 Å². The van der Waals surface area contributed by atoms with E-state index in [1.54, 1.807) is 36.5 Å². The average Bonchev–Trinajstić information content (AvgIpc) is 2.64. The Morgan fingerprint density at radius 2 is 2.00 bits per heavy atom. The van der Waals surface area contributed by atoms with Gasteiger partial charge in [0.15, 0.2) is 11.8 Å². The zero-order chi connectivity index (χ0) is 20.0. The van der Waals surface area contributed by atoms with Crippen molar-refractivity contribution in [2.45, 2.75) is 17.9 Å². The van der Waals surface area contributed by atoms with Crippen LogP contribution in [0.2, 0.25) is 5.02 Å². The molecule has 0 saturated heterocycles. The lowest BCUT2D eigenvalue weighted by molar-refractivity contribution is -0.118. The van der Waals surface area contributed by atoms with Crippen molar-refractivity contribution in [2.75, 3.05) is 12.4 Å². The van der Waals surface area contributed by atoms with Crippen LogP contribution in [-0.4, -0.2) is 29.1 Å². The molecule has 1 N–H and O–H groups in total. The summed E-state index contributed by atoms with van der Waals surface area (Å²) in [5.41, 5.74) is 1.15. The summed E-state index contributed by atoms with van der Waals surface area (Å²) < 4.78 is 7.10. The maximum absolute atomic E-state index is 12.8. The summed E-state index contributed by atoms with van der Waals surface area (Å²) in [7, 11) is 1.66. The zero-order valence-corrected chi connectivity index (χ0v) is 16.6. The van der Waals surface area contributed by atoms with E-state index >= 15 is 0 Å². The second-order valence-electron chi connectivity index (χ2n) is 6.47. The summed E-state index contributed by atoms with van der Waals surface area (Å²) in [5, 5.41) is 3.21. The number of fused-ring (bicyclic) bond motifs is 2. The van der Waals surface area contributed by atoms with Crippen LogP contribution < -0.4 is 10.7 Å². The Labute approximate surface area is 169 Å². The van der Waals surface area contributed by atoms with Gasteiger partial charge in [-0.3, -0.25) is 14.4 Å². The van der Waals surface area contributed by atoms with Gasteiger partial charge in [-0.1, -0.05) is 29.8 Å². The normalized spacial score (nSPS) is 16.8. The molecule has 142 valence electrons. The van der Waals surface area contributed by atoms with Gasteiger partial charge in [-0.2, -0.15) is 0 Å². The molecule has 0 fully saturated rings. The topological polar surface area (TPSA) is 79.6 Å². The first kappa shape index (κ1) is 18.7. The van der Waals surface area contributed by atoms with Crippen molar-refractivity contribution in [3.8, 4) is 0 Å². The Bertz CT molecular complexity index is 1190. The maximum atomic E-state index is 12.8. The van der Waals surface area contributed by atoms with E-state index in [4.69, 9.17) is 16.0 Å². The van der Waals surface area contributed by atoms with E-state index in [9.17, 15) is 14.4 Å². The molecule has 2 heterocycles. The van der Waals surface area contributed by atoms with Crippen LogP contribution in [0.1, 0.15) is 15.9 Å². The number of Topliss-reactive ketones (excluding diaryl/α,β-unsaturated/α-hetero) is 1. The van der Waals surface area contributed by atoms with Crippen LogP contribution in [0.5, 0.6) is 0 Å². The molecule has 0 radical (unpaired) electrons. The SMILES string of the molecule is Cc1cc(Cl)cc2c(=O)c(NC(=O)C3C(=O)c4ccccc4SN3C)coc12. The molecule has 3 aromatic rings. The van der Waals surface area contributed by atoms with Gasteiger partial charge in [-0.05, 0) is 49.7 Å². The van der Waals surface area contributed by atoms with Gasteiger partial charge in [0.05, 0.1) is 5.39 Å². The quantitative estimate of drug-likeness (QED) is 0.506. The van der Waals surface area contributed by atoms with Crippen molar-refractivity contribution in [3.63, 3.8) is 0 Å². The van der Waals surface area contributed by atoms with Crippen LogP contribution in [0.3, 0.4) is 0 Å². The van der Waals surface area contributed by atoms with E-state index in [0.29, 0.717) is 21.7 Å². The fraction of sp³-hybridized carbons (Fsp3) is 0.150. The lowest BCUT2D eigenvalue weighted by Gasteiger charge is -2.30. The van der Waals surface area contributed by atoms with Crippen molar-refractivity contribution >= 4 is 51.9 Å². The summed E-state index contributed by atoms with van der Waals surface area (Å²) in [6, 6.07) is 9.23. The van der Waals surface area contributed by atoms with Crippen molar-refractivity contribution < 1.29 is 14.0 Å². The Kier molecular flexibility index (Phi) is 4.74. The summed E-state index contributed by atoms with van der Waals surface area (Å²) in [5.74, 6) is -0.918. The largest absolute Gasteiger partial charge is 0.462 e. The number of aryl methyl sites for hydroxylation is 1. The monoisotopic (exact) mass is 414 g/mol. The number of hydrogen-bond donors (Lipinski definition) is 1. The number of anilines is 1.